The summed E-state index contributed by atoms with van der Waals surface area (Å²) >= 11 is 0. The van der Waals surface area contributed by atoms with Gasteiger partial charge in [0.15, 0.2) is 0 Å². The number of amides is 3. The fourth-order valence-electron chi connectivity index (χ4n) is 3.41. The highest BCUT2D eigenvalue weighted by atomic mass is 16.6. The molecule has 0 aliphatic carbocycles. The van der Waals surface area contributed by atoms with Crippen molar-refractivity contribution in [3.05, 3.63) is 35.9 Å². The van der Waals surface area contributed by atoms with E-state index in [1.54, 1.807) is 0 Å². The van der Waals surface area contributed by atoms with Gasteiger partial charge in [0.2, 0.25) is 11.8 Å². The van der Waals surface area contributed by atoms with Gasteiger partial charge in [-0.2, -0.15) is 0 Å². The molecule has 0 bridgehead atoms. The summed E-state index contributed by atoms with van der Waals surface area (Å²) in [6, 6.07) is 8.33. The number of likely N-dealkylation sites (tertiary alicyclic amines) is 1. The Morgan fingerprint density at radius 3 is 2.77 bits per heavy atom. The molecule has 0 radical (unpaired) electrons. The summed E-state index contributed by atoms with van der Waals surface area (Å²) in [4.78, 5) is 38.5. The molecule has 2 heterocycles. The summed E-state index contributed by atoms with van der Waals surface area (Å²) in [5, 5.41) is 5.61. The summed E-state index contributed by atoms with van der Waals surface area (Å²) in [5.41, 5.74) is 0.899. The molecule has 2 aliphatic heterocycles. The Hall–Kier alpha value is -2.57. The van der Waals surface area contributed by atoms with Crippen LogP contribution in [0.2, 0.25) is 0 Å². The lowest BCUT2D eigenvalue weighted by Gasteiger charge is -2.25. The molecule has 2 saturated heterocycles. The van der Waals surface area contributed by atoms with E-state index in [1.807, 2.05) is 30.3 Å². The third-order valence-electron chi connectivity index (χ3n) is 4.85. The third kappa shape index (κ3) is 4.53. The smallest absolute Gasteiger partial charge is 0.410 e. The third-order valence-corrected chi connectivity index (χ3v) is 4.85. The second kappa shape index (κ2) is 8.69. The molecule has 3 rings (SSSR count). The number of nitrogens with one attached hydrogen (secondary N) is 2. The van der Waals surface area contributed by atoms with Crippen LogP contribution in [0.1, 0.15) is 37.7 Å². The van der Waals surface area contributed by atoms with Crippen LogP contribution >= 0.6 is 0 Å². The topological polar surface area (TPSA) is 87.7 Å². The van der Waals surface area contributed by atoms with Crippen molar-refractivity contribution in [2.75, 3.05) is 13.1 Å². The van der Waals surface area contributed by atoms with Crippen LogP contribution in [-0.2, 0) is 20.9 Å². The predicted octanol–water partition coefficient (Wildman–Crippen LogP) is 1.57. The molecule has 140 valence electrons. The van der Waals surface area contributed by atoms with E-state index in [9.17, 15) is 14.4 Å². The van der Waals surface area contributed by atoms with Gasteiger partial charge in [-0.05, 0) is 37.7 Å². The number of benzene rings is 1. The highest BCUT2D eigenvalue weighted by molar-refractivity contribution is 5.91. The van der Waals surface area contributed by atoms with E-state index in [1.165, 1.54) is 4.90 Å². The molecule has 7 nitrogen and oxygen atoms in total. The highest BCUT2D eigenvalue weighted by Crippen LogP contribution is 2.20. The molecule has 3 amide bonds. The van der Waals surface area contributed by atoms with E-state index in [0.29, 0.717) is 25.9 Å². The number of carbonyl (C=O) groups is 3. The summed E-state index contributed by atoms with van der Waals surface area (Å²) in [6.45, 7) is 1.31. The molecule has 2 fully saturated rings. The minimum atomic E-state index is -0.575. The van der Waals surface area contributed by atoms with Crippen molar-refractivity contribution in [1.82, 2.24) is 15.5 Å². The van der Waals surface area contributed by atoms with Crippen LogP contribution in [0.4, 0.5) is 4.79 Å². The normalized spacial score (nSPS) is 23.1. The van der Waals surface area contributed by atoms with E-state index in [0.717, 1.165) is 24.8 Å². The molecule has 2 N–H and O–H groups in total. The monoisotopic (exact) mass is 359 g/mol. The number of ether oxygens (including phenoxy) is 1. The lowest BCUT2D eigenvalue weighted by Crippen LogP contribution is -2.52. The maximum Gasteiger partial charge on any atom is 0.410 e. The molecule has 0 aromatic heterocycles. The second-order valence-corrected chi connectivity index (χ2v) is 6.74. The summed E-state index contributed by atoms with van der Waals surface area (Å²) in [5.74, 6) is -0.423. The van der Waals surface area contributed by atoms with Crippen LogP contribution in [0.25, 0.3) is 0 Å². The Balaban J connectivity index is 1.55. The van der Waals surface area contributed by atoms with Crippen molar-refractivity contribution in [3.8, 4) is 0 Å². The van der Waals surface area contributed by atoms with Crippen molar-refractivity contribution in [3.63, 3.8) is 0 Å². The van der Waals surface area contributed by atoms with Crippen molar-refractivity contribution in [1.29, 1.82) is 0 Å². The number of rotatable bonds is 4. The van der Waals surface area contributed by atoms with Gasteiger partial charge in [-0.1, -0.05) is 30.3 Å². The first kappa shape index (κ1) is 18.2. The minimum absolute atomic E-state index is 0.146. The fraction of sp³-hybridized carbons (Fsp3) is 0.526. The van der Waals surface area contributed by atoms with Gasteiger partial charge >= 0.3 is 6.09 Å². The van der Waals surface area contributed by atoms with Gasteiger partial charge < -0.3 is 15.4 Å². The van der Waals surface area contributed by atoms with Crippen LogP contribution in [0.15, 0.2) is 30.3 Å². The SMILES string of the molecule is O=C1NCCCC[C@@H]1NC(=O)[C@H]1CCCN1C(=O)OCc1ccccc1. The zero-order valence-electron chi connectivity index (χ0n) is 14.8. The van der Waals surface area contributed by atoms with Crippen LogP contribution < -0.4 is 10.6 Å². The lowest BCUT2D eigenvalue weighted by atomic mass is 10.1. The summed E-state index contributed by atoms with van der Waals surface area (Å²) in [6.07, 6.45) is 3.27. The molecule has 26 heavy (non-hydrogen) atoms. The molecule has 2 aliphatic rings. The Labute approximate surface area is 153 Å². The van der Waals surface area contributed by atoms with Gasteiger partial charge in [0.1, 0.15) is 18.7 Å². The van der Waals surface area contributed by atoms with E-state index >= 15 is 0 Å². The van der Waals surface area contributed by atoms with E-state index in [4.69, 9.17) is 4.74 Å². The van der Waals surface area contributed by atoms with Crippen molar-refractivity contribution in [2.24, 2.45) is 0 Å². The standard InChI is InChI=1S/C19H25N3O4/c23-17-15(9-4-5-11-20-17)21-18(24)16-10-6-12-22(16)19(25)26-13-14-7-2-1-3-8-14/h1-3,7-8,15-16H,4-6,9-13H2,(H,20,23)(H,21,24)/t15-,16+/m0/s1. The quantitative estimate of drug-likeness (QED) is 0.854. The number of hydrogen-bond donors (Lipinski definition) is 2. The van der Waals surface area contributed by atoms with Gasteiger partial charge in [-0.3, -0.25) is 14.5 Å². The van der Waals surface area contributed by atoms with E-state index in [2.05, 4.69) is 10.6 Å². The zero-order valence-corrected chi connectivity index (χ0v) is 14.8. The minimum Gasteiger partial charge on any atom is -0.445 e. The Morgan fingerprint density at radius 1 is 1.15 bits per heavy atom. The van der Waals surface area contributed by atoms with Gasteiger partial charge in [0.25, 0.3) is 0 Å². The summed E-state index contributed by atoms with van der Waals surface area (Å²) < 4.78 is 5.35. The van der Waals surface area contributed by atoms with Crippen LogP contribution in [0.5, 0.6) is 0 Å². The molecule has 0 saturated carbocycles. The van der Waals surface area contributed by atoms with Gasteiger partial charge in [0.05, 0.1) is 0 Å². The molecule has 2 atom stereocenters. The van der Waals surface area contributed by atoms with Gasteiger partial charge in [-0.25, -0.2) is 4.79 Å². The van der Waals surface area contributed by atoms with E-state index < -0.39 is 18.2 Å². The molecular formula is C19H25N3O4. The molecule has 7 heteroatoms. The van der Waals surface area contributed by atoms with Gasteiger partial charge in [-0.15, -0.1) is 0 Å². The Kier molecular flexibility index (Phi) is 6.09. The molecule has 0 unspecified atom stereocenters. The highest BCUT2D eigenvalue weighted by Gasteiger charge is 2.36. The van der Waals surface area contributed by atoms with Crippen LogP contribution in [0, 0.1) is 0 Å². The maximum absolute atomic E-state index is 12.6. The predicted molar refractivity (Wildman–Crippen MR) is 95.1 cm³/mol. The molecule has 1 aromatic rings. The first-order valence-electron chi connectivity index (χ1n) is 9.20. The van der Waals surface area contributed by atoms with Gasteiger partial charge in [0, 0.05) is 13.1 Å². The average molecular weight is 359 g/mol. The Morgan fingerprint density at radius 2 is 1.96 bits per heavy atom. The number of carbonyl (C=O) groups excluding carboxylic acids is 3. The van der Waals surface area contributed by atoms with E-state index in [-0.39, 0.29) is 18.4 Å². The Bertz CT molecular complexity index is 649. The first-order chi connectivity index (χ1) is 12.6. The number of hydrogen-bond acceptors (Lipinski definition) is 4. The van der Waals surface area contributed by atoms with Crippen molar-refractivity contribution >= 4 is 17.9 Å². The number of nitrogens with zero attached hydrogens (tertiary/aromatic N) is 1. The van der Waals surface area contributed by atoms with Crippen molar-refractivity contribution in [2.45, 2.75) is 50.8 Å². The molecule has 0 spiro atoms. The second-order valence-electron chi connectivity index (χ2n) is 6.74. The fourth-order valence-corrected chi connectivity index (χ4v) is 3.41. The van der Waals surface area contributed by atoms with Crippen LogP contribution in [-0.4, -0.2) is 48.0 Å². The zero-order chi connectivity index (χ0) is 18.4. The average Bonchev–Trinajstić information content (AvgIpc) is 3.07. The largest absolute Gasteiger partial charge is 0.445 e. The summed E-state index contributed by atoms with van der Waals surface area (Å²) in [7, 11) is 0. The lowest BCUT2D eigenvalue weighted by molar-refractivity contribution is -0.131. The van der Waals surface area contributed by atoms with Crippen LogP contribution in [0.3, 0.4) is 0 Å². The molecular weight excluding hydrogens is 334 g/mol. The molecule has 1 aromatic carbocycles. The first-order valence-corrected chi connectivity index (χ1v) is 9.20. The van der Waals surface area contributed by atoms with Crippen molar-refractivity contribution < 1.29 is 19.1 Å². The maximum atomic E-state index is 12.6.